The van der Waals surface area contributed by atoms with Crippen molar-refractivity contribution in [2.45, 2.75) is 19.3 Å². The first-order chi connectivity index (χ1) is 10.3. The van der Waals surface area contributed by atoms with Crippen LogP contribution in [0.25, 0.3) is 0 Å². The van der Waals surface area contributed by atoms with Gasteiger partial charge in [0, 0.05) is 26.9 Å². The van der Waals surface area contributed by atoms with Crippen molar-refractivity contribution in [3.8, 4) is 5.75 Å². The van der Waals surface area contributed by atoms with Crippen LogP contribution in [0.4, 0.5) is 5.69 Å². The highest BCUT2D eigenvalue weighted by Crippen LogP contribution is 2.22. The molecule has 0 unspecified atom stereocenters. The molecule has 0 atom stereocenters. The largest absolute Gasteiger partial charge is 0.497 e. The smallest absolute Gasteiger partial charge is 0.337 e. The van der Waals surface area contributed by atoms with E-state index in [2.05, 4.69) is 5.32 Å². The summed E-state index contributed by atoms with van der Waals surface area (Å²) in [5.74, 6) is -1.15. The van der Waals surface area contributed by atoms with Gasteiger partial charge in [-0.05, 0) is 24.6 Å². The van der Waals surface area contributed by atoms with Crippen molar-refractivity contribution in [2.24, 2.45) is 0 Å². The molecule has 1 aromatic carbocycles. The van der Waals surface area contributed by atoms with Crippen LogP contribution in [-0.4, -0.2) is 49.0 Å². The van der Waals surface area contributed by atoms with E-state index in [1.54, 1.807) is 20.2 Å². The normalized spacial score (nSPS) is 9.95. The van der Waals surface area contributed by atoms with Gasteiger partial charge >= 0.3 is 5.97 Å². The van der Waals surface area contributed by atoms with Gasteiger partial charge in [0.05, 0.1) is 18.4 Å². The van der Waals surface area contributed by atoms with Crippen LogP contribution in [0.2, 0.25) is 0 Å². The molecule has 1 aromatic rings. The van der Waals surface area contributed by atoms with E-state index in [-0.39, 0.29) is 35.9 Å². The Balaban J connectivity index is 2.64. The van der Waals surface area contributed by atoms with Crippen LogP contribution in [0, 0.1) is 0 Å². The predicted octanol–water partition coefficient (Wildman–Crippen LogP) is 1.59. The summed E-state index contributed by atoms with van der Waals surface area (Å²) >= 11 is 0. The summed E-state index contributed by atoms with van der Waals surface area (Å²) < 4.78 is 4.96. The maximum atomic E-state index is 11.8. The molecule has 22 heavy (non-hydrogen) atoms. The molecule has 0 saturated carbocycles. The van der Waals surface area contributed by atoms with E-state index in [0.29, 0.717) is 12.2 Å². The molecule has 120 valence electrons. The second kappa shape index (κ2) is 8.02. The highest BCUT2D eigenvalue weighted by atomic mass is 16.5. The highest BCUT2D eigenvalue weighted by Gasteiger charge is 2.14. The maximum Gasteiger partial charge on any atom is 0.337 e. The van der Waals surface area contributed by atoms with E-state index < -0.39 is 5.97 Å². The number of aromatic carboxylic acids is 1. The van der Waals surface area contributed by atoms with Crippen LogP contribution in [0.15, 0.2) is 18.2 Å². The summed E-state index contributed by atoms with van der Waals surface area (Å²) in [5.41, 5.74) is 0.161. The number of carboxylic acid groups (broad SMARTS) is 1. The third-order valence-corrected chi connectivity index (χ3v) is 3.02. The lowest BCUT2D eigenvalue weighted by molar-refractivity contribution is -0.128. The Morgan fingerprint density at radius 3 is 2.45 bits per heavy atom. The summed E-state index contributed by atoms with van der Waals surface area (Å²) in [6.45, 7) is 0. The summed E-state index contributed by atoms with van der Waals surface area (Å²) in [7, 11) is 4.73. The highest BCUT2D eigenvalue weighted by molar-refractivity contribution is 6.00. The first kappa shape index (κ1) is 17.5. The predicted molar refractivity (Wildman–Crippen MR) is 81.1 cm³/mol. The van der Waals surface area contributed by atoms with E-state index >= 15 is 0 Å². The number of carbonyl (C=O) groups is 3. The molecule has 0 spiro atoms. The molecule has 0 saturated heterocycles. The van der Waals surface area contributed by atoms with Gasteiger partial charge in [-0.15, -0.1) is 0 Å². The summed E-state index contributed by atoms with van der Waals surface area (Å²) in [6, 6.07) is 4.39. The number of carbonyl (C=O) groups excluding carboxylic acids is 2. The minimum Gasteiger partial charge on any atom is -0.497 e. The van der Waals surface area contributed by atoms with Crippen molar-refractivity contribution in [1.82, 2.24) is 4.90 Å². The number of nitrogens with one attached hydrogen (secondary N) is 1. The molecular formula is C15H20N2O5. The molecule has 0 aliphatic rings. The Morgan fingerprint density at radius 1 is 1.23 bits per heavy atom. The molecule has 2 amide bonds. The lowest BCUT2D eigenvalue weighted by atomic mass is 10.1. The molecule has 0 fully saturated rings. The maximum absolute atomic E-state index is 11.8. The molecule has 2 N–H and O–H groups in total. The molecule has 7 nitrogen and oxygen atoms in total. The zero-order valence-corrected chi connectivity index (χ0v) is 12.9. The summed E-state index contributed by atoms with van der Waals surface area (Å²) in [4.78, 5) is 35.9. The minimum atomic E-state index is -1.16. The Kier molecular flexibility index (Phi) is 6.37. The lowest BCUT2D eigenvalue weighted by Crippen LogP contribution is -2.22. The third-order valence-electron chi connectivity index (χ3n) is 3.02. The van der Waals surface area contributed by atoms with Gasteiger partial charge in [0.2, 0.25) is 11.8 Å². The van der Waals surface area contributed by atoms with Crippen LogP contribution in [-0.2, 0) is 9.59 Å². The van der Waals surface area contributed by atoms with Gasteiger partial charge in [0.1, 0.15) is 5.75 Å². The fraction of sp³-hybridized carbons (Fsp3) is 0.400. The van der Waals surface area contributed by atoms with Crippen molar-refractivity contribution in [3.63, 3.8) is 0 Å². The van der Waals surface area contributed by atoms with Gasteiger partial charge < -0.3 is 20.1 Å². The topological polar surface area (TPSA) is 95.9 Å². The molecule has 1 rings (SSSR count). The molecule has 0 aliphatic heterocycles. The first-order valence-corrected chi connectivity index (χ1v) is 6.76. The third kappa shape index (κ3) is 5.08. The van der Waals surface area contributed by atoms with Crippen LogP contribution in [0.1, 0.15) is 29.6 Å². The molecule has 0 bridgehead atoms. The van der Waals surface area contributed by atoms with Gasteiger partial charge in [-0.3, -0.25) is 9.59 Å². The van der Waals surface area contributed by atoms with E-state index in [1.165, 1.54) is 24.1 Å². The Labute approximate surface area is 128 Å². The average molecular weight is 308 g/mol. The Morgan fingerprint density at radius 2 is 1.91 bits per heavy atom. The molecule has 0 aliphatic carbocycles. The number of rotatable bonds is 7. The van der Waals surface area contributed by atoms with Crippen molar-refractivity contribution in [2.75, 3.05) is 26.5 Å². The summed E-state index contributed by atoms with van der Waals surface area (Å²) in [6.07, 6.45) is 0.820. The summed E-state index contributed by atoms with van der Waals surface area (Å²) in [5, 5.41) is 11.7. The molecular weight excluding hydrogens is 288 g/mol. The van der Waals surface area contributed by atoms with E-state index in [4.69, 9.17) is 9.84 Å². The molecule has 7 heteroatoms. The van der Waals surface area contributed by atoms with Crippen molar-refractivity contribution in [1.29, 1.82) is 0 Å². The molecule has 0 heterocycles. The number of carboxylic acids is 1. The van der Waals surface area contributed by atoms with Crippen LogP contribution < -0.4 is 10.1 Å². The van der Waals surface area contributed by atoms with Crippen LogP contribution >= 0.6 is 0 Å². The molecule has 0 aromatic heterocycles. The number of amides is 2. The Bertz CT molecular complexity index is 569. The standard InChI is InChI=1S/C15H20N2O5/c1-17(2)14(19)6-4-5-13(18)16-12-8-7-10(22-3)9-11(12)15(20)21/h7-9H,4-6H2,1-3H3,(H,16,18)(H,20,21). The van der Waals surface area contributed by atoms with E-state index in [1.807, 2.05) is 0 Å². The SMILES string of the molecule is COc1ccc(NC(=O)CCCC(=O)N(C)C)c(C(=O)O)c1. The zero-order valence-electron chi connectivity index (χ0n) is 12.9. The van der Waals surface area contributed by atoms with Gasteiger partial charge in [-0.25, -0.2) is 4.79 Å². The number of benzene rings is 1. The van der Waals surface area contributed by atoms with Gasteiger partial charge in [-0.1, -0.05) is 0 Å². The monoisotopic (exact) mass is 308 g/mol. The van der Waals surface area contributed by atoms with Crippen molar-refractivity contribution in [3.05, 3.63) is 23.8 Å². The number of methoxy groups -OCH3 is 1. The van der Waals surface area contributed by atoms with E-state index in [9.17, 15) is 14.4 Å². The van der Waals surface area contributed by atoms with Gasteiger partial charge in [-0.2, -0.15) is 0 Å². The molecule has 0 radical (unpaired) electrons. The first-order valence-electron chi connectivity index (χ1n) is 6.76. The number of hydrogen-bond donors (Lipinski definition) is 2. The number of hydrogen-bond acceptors (Lipinski definition) is 4. The van der Waals surface area contributed by atoms with Crippen LogP contribution in [0.3, 0.4) is 0 Å². The van der Waals surface area contributed by atoms with Gasteiger partial charge in [0.15, 0.2) is 0 Å². The quantitative estimate of drug-likeness (QED) is 0.797. The second-order valence-corrected chi connectivity index (χ2v) is 4.91. The van der Waals surface area contributed by atoms with Crippen LogP contribution in [0.5, 0.6) is 5.75 Å². The van der Waals surface area contributed by atoms with E-state index in [0.717, 1.165) is 0 Å². The Hall–Kier alpha value is -2.57. The fourth-order valence-electron chi connectivity index (χ4n) is 1.77. The number of ether oxygens (including phenoxy) is 1. The zero-order chi connectivity index (χ0) is 16.7. The van der Waals surface area contributed by atoms with Crippen molar-refractivity contribution >= 4 is 23.5 Å². The number of anilines is 1. The average Bonchev–Trinajstić information content (AvgIpc) is 2.47. The van der Waals surface area contributed by atoms with Crippen molar-refractivity contribution < 1.29 is 24.2 Å². The second-order valence-electron chi connectivity index (χ2n) is 4.91. The van der Waals surface area contributed by atoms with Gasteiger partial charge in [0.25, 0.3) is 0 Å². The minimum absolute atomic E-state index is 0.0444. The fourth-order valence-corrected chi connectivity index (χ4v) is 1.77. The number of nitrogens with zero attached hydrogens (tertiary/aromatic N) is 1. The lowest BCUT2D eigenvalue weighted by Gasteiger charge is -2.11.